The molecule has 8 heteroatoms. The van der Waals surface area contributed by atoms with Crippen LogP contribution in [0.3, 0.4) is 0 Å². The van der Waals surface area contributed by atoms with E-state index in [1.807, 2.05) is 29.2 Å². The first-order valence-corrected chi connectivity index (χ1v) is 13.3. The number of phenolic OH excluding ortho intramolecular Hbond substituents is 1. The summed E-state index contributed by atoms with van der Waals surface area (Å²) < 4.78 is 27.4. The second-order valence-corrected chi connectivity index (χ2v) is 10.8. The van der Waals surface area contributed by atoms with Gasteiger partial charge in [0.05, 0.1) is 4.90 Å². The van der Waals surface area contributed by atoms with Gasteiger partial charge in [-0.3, -0.25) is 4.79 Å². The molecule has 2 aliphatic heterocycles. The number of anilines is 1. The van der Waals surface area contributed by atoms with E-state index in [1.54, 1.807) is 28.6 Å². The van der Waals surface area contributed by atoms with Crippen LogP contribution in [0.5, 0.6) is 5.75 Å². The summed E-state index contributed by atoms with van der Waals surface area (Å²) in [6, 6.07) is 14.2. The molecule has 0 aromatic heterocycles. The quantitative estimate of drug-likeness (QED) is 0.700. The lowest BCUT2D eigenvalue weighted by Crippen LogP contribution is -2.48. The highest BCUT2D eigenvalue weighted by molar-refractivity contribution is 7.89. The van der Waals surface area contributed by atoms with Crippen molar-refractivity contribution in [2.45, 2.75) is 43.4 Å². The fourth-order valence-electron chi connectivity index (χ4n) is 4.55. The fourth-order valence-corrected chi connectivity index (χ4v) is 6.06. The molecule has 7 nitrogen and oxygen atoms in total. The molecular weight excluding hydrogens is 438 g/mol. The van der Waals surface area contributed by atoms with Crippen molar-refractivity contribution in [3.05, 3.63) is 54.1 Å². The molecule has 0 bridgehead atoms. The molecule has 33 heavy (non-hydrogen) atoms. The summed E-state index contributed by atoms with van der Waals surface area (Å²) in [7, 11) is -3.44. The van der Waals surface area contributed by atoms with Crippen LogP contribution in [0.4, 0.5) is 5.69 Å². The predicted octanol–water partition coefficient (Wildman–Crippen LogP) is 3.24. The Hall–Kier alpha value is -2.58. The lowest BCUT2D eigenvalue weighted by atomic mass is 10.1. The number of piperazine rings is 1. The monoisotopic (exact) mass is 471 g/mol. The minimum Gasteiger partial charge on any atom is -0.508 e. The number of nitrogens with zero attached hydrogens (tertiary/aromatic N) is 3. The summed E-state index contributed by atoms with van der Waals surface area (Å²) in [4.78, 5) is 17.1. The first-order chi connectivity index (χ1) is 15.9. The van der Waals surface area contributed by atoms with E-state index in [1.165, 1.54) is 0 Å². The SMILES string of the molecule is O=C(CCc1ccc(S(=O)(=O)N2CCCCCC2)cc1)N1CCN(c2ccc(O)cc2)CC1. The summed E-state index contributed by atoms with van der Waals surface area (Å²) >= 11 is 0. The Kier molecular flexibility index (Phi) is 7.55. The zero-order chi connectivity index (χ0) is 23.3. The number of aromatic hydroxyl groups is 1. The van der Waals surface area contributed by atoms with Gasteiger partial charge in [0.1, 0.15) is 5.75 Å². The normalized spacial score (nSPS) is 18.2. The predicted molar refractivity (Wildman–Crippen MR) is 129 cm³/mol. The van der Waals surface area contributed by atoms with Gasteiger partial charge in [-0.15, -0.1) is 0 Å². The standard InChI is InChI=1S/C25H33N3O4S/c29-23-10-8-22(9-11-23)26-17-19-27(20-18-26)25(30)14-7-21-5-12-24(13-6-21)33(31,32)28-15-3-1-2-4-16-28/h5-6,8-13,29H,1-4,7,14-20H2. The van der Waals surface area contributed by atoms with E-state index in [-0.39, 0.29) is 11.7 Å². The Morgan fingerprint density at radius 3 is 2.00 bits per heavy atom. The van der Waals surface area contributed by atoms with Crippen molar-refractivity contribution in [2.75, 3.05) is 44.2 Å². The summed E-state index contributed by atoms with van der Waals surface area (Å²) in [5.41, 5.74) is 2.02. The second-order valence-electron chi connectivity index (χ2n) is 8.85. The topological polar surface area (TPSA) is 81.2 Å². The van der Waals surface area contributed by atoms with Crippen molar-refractivity contribution < 1.29 is 18.3 Å². The Labute approximate surface area is 196 Å². The molecule has 1 amide bonds. The number of carbonyl (C=O) groups is 1. The van der Waals surface area contributed by atoms with Crippen LogP contribution in [-0.2, 0) is 21.2 Å². The number of sulfonamides is 1. The molecule has 4 rings (SSSR count). The van der Waals surface area contributed by atoms with Crippen LogP contribution < -0.4 is 4.90 Å². The highest BCUT2D eigenvalue weighted by Gasteiger charge is 2.25. The zero-order valence-electron chi connectivity index (χ0n) is 19.0. The Balaban J connectivity index is 1.27. The van der Waals surface area contributed by atoms with Gasteiger partial charge in [0, 0.05) is 51.4 Å². The number of benzene rings is 2. The van der Waals surface area contributed by atoms with E-state index in [4.69, 9.17) is 0 Å². The van der Waals surface area contributed by atoms with Crippen molar-refractivity contribution in [3.63, 3.8) is 0 Å². The lowest BCUT2D eigenvalue weighted by molar-refractivity contribution is -0.131. The average molecular weight is 472 g/mol. The van der Waals surface area contributed by atoms with Crippen molar-refractivity contribution in [3.8, 4) is 5.75 Å². The molecule has 2 heterocycles. The third kappa shape index (κ3) is 5.86. The second kappa shape index (κ2) is 10.6. The molecular formula is C25H33N3O4S. The summed E-state index contributed by atoms with van der Waals surface area (Å²) in [5.74, 6) is 0.377. The van der Waals surface area contributed by atoms with Gasteiger partial charge in [0.25, 0.3) is 0 Å². The molecule has 0 atom stereocenters. The average Bonchev–Trinajstić information content (AvgIpc) is 3.14. The maximum absolute atomic E-state index is 12.9. The molecule has 2 fully saturated rings. The summed E-state index contributed by atoms with van der Waals surface area (Å²) in [5, 5.41) is 9.44. The third-order valence-electron chi connectivity index (χ3n) is 6.60. The van der Waals surface area contributed by atoms with E-state index in [0.717, 1.165) is 50.0 Å². The van der Waals surface area contributed by atoms with Gasteiger partial charge >= 0.3 is 0 Å². The smallest absolute Gasteiger partial charge is 0.243 e. The maximum Gasteiger partial charge on any atom is 0.243 e. The third-order valence-corrected chi connectivity index (χ3v) is 8.51. The van der Waals surface area contributed by atoms with Crippen LogP contribution in [0.25, 0.3) is 0 Å². The number of rotatable bonds is 6. The number of hydrogen-bond acceptors (Lipinski definition) is 5. The maximum atomic E-state index is 12.9. The number of hydrogen-bond donors (Lipinski definition) is 1. The van der Waals surface area contributed by atoms with Gasteiger partial charge in [-0.05, 0) is 61.2 Å². The van der Waals surface area contributed by atoms with Crippen LogP contribution in [-0.4, -0.2) is 67.9 Å². The molecule has 2 aromatic rings. The number of aryl methyl sites for hydroxylation is 1. The van der Waals surface area contributed by atoms with Crippen molar-refractivity contribution in [1.82, 2.24) is 9.21 Å². The number of carbonyl (C=O) groups excluding carboxylic acids is 1. The van der Waals surface area contributed by atoms with Crippen LogP contribution in [0.2, 0.25) is 0 Å². The highest BCUT2D eigenvalue weighted by Crippen LogP contribution is 2.22. The highest BCUT2D eigenvalue weighted by atomic mass is 32.2. The van der Waals surface area contributed by atoms with E-state index < -0.39 is 10.0 Å². The van der Waals surface area contributed by atoms with Crippen molar-refractivity contribution in [2.24, 2.45) is 0 Å². The van der Waals surface area contributed by atoms with Gasteiger partial charge in [-0.1, -0.05) is 25.0 Å². The summed E-state index contributed by atoms with van der Waals surface area (Å²) in [6.45, 7) is 4.07. The van der Waals surface area contributed by atoms with Crippen LogP contribution in [0.15, 0.2) is 53.4 Å². The number of amides is 1. The van der Waals surface area contributed by atoms with Gasteiger partial charge < -0.3 is 14.9 Å². The fraction of sp³-hybridized carbons (Fsp3) is 0.480. The van der Waals surface area contributed by atoms with Gasteiger partial charge in [0.15, 0.2) is 0 Å². The van der Waals surface area contributed by atoms with Gasteiger partial charge in [0.2, 0.25) is 15.9 Å². The summed E-state index contributed by atoms with van der Waals surface area (Å²) in [6.07, 6.45) is 5.03. The largest absolute Gasteiger partial charge is 0.508 e. The van der Waals surface area contributed by atoms with Crippen LogP contribution in [0.1, 0.15) is 37.7 Å². The van der Waals surface area contributed by atoms with Crippen molar-refractivity contribution >= 4 is 21.6 Å². The first-order valence-electron chi connectivity index (χ1n) is 11.8. The van der Waals surface area contributed by atoms with E-state index in [0.29, 0.717) is 43.9 Å². The van der Waals surface area contributed by atoms with Crippen molar-refractivity contribution in [1.29, 1.82) is 0 Å². The Morgan fingerprint density at radius 1 is 0.788 bits per heavy atom. The molecule has 0 unspecified atom stereocenters. The zero-order valence-corrected chi connectivity index (χ0v) is 19.8. The molecule has 0 radical (unpaired) electrons. The molecule has 0 saturated carbocycles. The molecule has 0 spiro atoms. The van der Waals surface area contributed by atoms with Crippen LogP contribution in [0, 0.1) is 0 Å². The molecule has 1 N–H and O–H groups in total. The van der Waals surface area contributed by atoms with E-state index >= 15 is 0 Å². The first kappa shape index (κ1) is 23.6. The Bertz CT molecular complexity index is 1020. The van der Waals surface area contributed by atoms with Gasteiger partial charge in [-0.25, -0.2) is 8.42 Å². The molecule has 2 aromatic carbocycles. The van der Waals surface area contributed by atoms with Gasteiger partial charge in [-0.2, -0.15) is 4.31 Å². The molecule has 2 aliphatic rings. The van der Waals surface area contributed by atoms with E-state index in [9.17, 15) is 18.3 Å². The minimum absolute atomic E-state index is 0.127. The Morgan fingerprint density at radius 2 is 1.39 bits per heavy atom. The molecule has 0 aliphatic carbocycles. The van der Waals surface area contributed by atoms with Crippen LogP contribution >= 0.6 is 0 Å². The molecule has 178 valence electrons. The molecule has 2 saturated heterocycles. The number of phenols is 1. The van der Waals surface area contributed by atoms with E-state index in [2.05, 4.69) is 4.90 Å². The minimum atomic E-state index is -3.44. The lowest BCUT2D eigenvalue weighted by Gasteiger charge is -2.36.